The summed E-state index contributed by atoms with van der Waals surface area (Å²) in [6.45, 7) is 13.8. The highest BCUT2D eigenvalue weighted by Gasteiger charge is 2.42. The highest BCUT2D eigenvalue weighted by atomic mass is 32.1. The zero-order valence-corrected chi connectivity index (χ0v) is 18.2. The van der Waals surface area contributed by atoms with Crippen molar-refractivity contribution >= 4 is 16.9 Å². The second kappa shape index (κ2) is 7.02. The Kier molecular flexibility index (Phi) is 4.81. The molecular weight excluding hydrogens is 358 g/mol. The molecule has 0 spiro atoms. The maximum absolute atomic E-state index is 6.04. The van der Waals surface area contributed by atoms with E-state index in [-0.39, 0.29) is 5.41 Å². The molecule has 0 atom stereocenters. The maximum Gasteiger partial charge on any atom is 0.0372 e. The fourth-order valence-electron chi connectivity index (χ4n) is 4.38. The van der Waals surface area contributed by atoms with E-state index in [1.54, 1.807) is 11.3 Å². The Labute approximate surface area is 172 Å². The molecule has 4 rings (SSSR count). The number of rotatable bonds is 5. The summed E-state index contributed by atoms with van der Waals surface area (Å²) < 4.78 is 0. The van der Waals surface area contributed by atoms with E-state index in [0.29, 0.717) is 0 Å². The molecule has 0 aliphatic heterocycles. The zero-order valence-electron chi connectivity index (χ0n) is 17.4. The van der Waals surface area contributed by atoms with Gasteiger partial charge in [0.25, 0.3) is 0 Å². The number of hydrogen-bond acceptors (Lipinski definition) is 2. The molecule has 2 heteroatoms. The largest absolute Gasteiger partial charge is 0.330 e. The van der Waals surface area contributed by atoms with E-state index >= 15 is 0 Å². The standard InChI is InChI=1S/C26H29NS/c1-16(2)25-22(10-13-28-25)24-19(5)17(3)14-18(4)23(24)20-6-8-21(9-7-20)26(15-27)11-12-26/h6-10,13-14H,1,11-12,15,27H2,2-5H3. The van der Waals surface area contributed by atoms with Gasteiger partial charge >= 0.3 is 0 Å². The van der Waals surface area contributed by atoms with Crippen LogP contribution in [0.2, 0.25) is 0 Å². The van der Waals surface area contributed by atoms with Crippen molar-refractivity contribution in [3.8, 4) is 22.3 Å². The monoisotopic (exact) mass is 387 g/mol. The molecule has 0 saturated heterocycles. The Morgan fingerprint density at radius 3 is 2.29 bits per heavy atom. The van der Waals surface area contributed by atoms with Gasteiger partial charge in [-0.25, -0.2) is 0 Å². The summed E-state index contributed by atoms with van der Waals surface area (Å²) in [5.74, 6) is 0. The number of hydrogen-bond donors (Lipinski definition) is 1. The van der Waals surface area contributed by atoms with E-state index < -0.39 is 0 Å². The predicted octanol–water partition coefficient (Wildman–Crippen LogP) is 7.03. The van der Waals surface area contributed by atoms with Crippen LogP contribution in [-0.2, 0) is 5.41 Å². The summed E-state index contributed by atoms with van der Waals surface area (Å²) >= 11 is 1.78. The van der Waals surface area contributed by atoms with Crippen molar-refractivity contribution in [2.45, 2.75) is 46.0 Å². The summed E-state index contributed by atoms with van der Waals surface area (Å²) in [7, 11) is 0. The SMILES string of the molecule is C=C(C)c1sccc1-c1c(C)c(C)cc(C)c1-c1ccc(C2(CN)CC2)cc1. The molecule has 2 aromatic carbocycles. The van der Waals surface area contributed by atoms with Crippen molar-refractivity contribution in [1.29, 1.82) is 0 Å². The molecule has 0 unspecified atom stereocenters. The summed E-state index contributed by atoms with van der Waals surface area (Å²) in [4.78, 5) is 1.28. The average Bonchev–Trinajstić information content (AvgIpc) is 3.33. The predicted molar refractivity (Wildman–Crippen MR) is 124 cm³/mol. The fraction of sp³-hybridized carbons (Fsp3) is 0.308. The van der Waals surface area contributed by atoms with Crippen LogP contribution in [0.1, 0.15) is 46.9 Å². The lowest BCUT2D eigenvalue weighted by Gasteiger charge is -2.20. The van der Waals surface area contributed by atoms with Crippen molar-refractivity contribution in [3.63, 3.8) is 0 Å². The minimum absolute atomic E-state index is 0.236. The molecule has 1 aliphatic carbocycles. The van der Waals surface area contributed by atoms with E-state index in [9.17, 15) is 0 Å². The third kappa shape index (κ3) is 3.05. The van der Waals surface area contributed by atoms with E-state index in [4.69, 9.17) is 5.73 Å². The highest BCUT2D eigenvalue weighted by molar-refractivity contribution is 7.11. The minimum atomic E-state index is 0.236. The van der Waals surface area contributed by atoms with Gasteiger partial charge in [-0.1, -0.05) is 36.9 Å². The number of thiophene rings is 1. The Bertz CT molecular complexity index is 1050. The number of allylic oxidation sites excluding steroid dienone is 1. The first-order chi connectivity index (χ1) is 13.4. The van der Waals surface area contributed by atoms with Gasteiger partial charge in [-0.05, 0) is 96.5 Å². The molecule has 0 bridgehead atoms. The topological polar surface area (TPSA) is 26.0 Å². The van der Waals surface area contributed by atoms with Crippen LogP contribution < -0.4 is 5.73 Å². The van der Waals surface area contributed by atoms with Crippen LogP contribution in [0, 0.1) is 20.8 Å². The molecule has 3 aromatic rings. The van der Waals surface area contributed by atoms with Crippen molar-refractivity contribution < 1.29 is 0 Å². The van der Waals surface area contributed by atoms with Gasteiger partial charge in [0, 0.05) is 22.4 Å². The van der Waals surface area contributed by atoms with Crippen molar-refractivity contribution in [3.05, 3.63) is 75.5 Å². The molecule has 1 saturated carbocycles. The highest BCUT2D eigenvalue weighted by Crippen LogP contribution is 2.48. The van der Waals surface area contributed by atoms with Crippen molar-refractivity contribution in [1.82, 2.24) is 0 Å². The molecule has 1 heterocycles. The Hall–Kier alpha value is -2.16. The Balaban J connectivity index is 1.91. The lowest BCUT2D eigenvalue weighted by molar-refractivity contribution is 0.705. The number of benzene rings is 2. The Morgan fingerprint density at radius 2 is 1.71 bits per heavy atom. The molecule has 28 heavy (non-hydrogen) atoms. The number of aryl methyl sites for hydroxylation is 2. The van der Waals surface area contributed by atoms with Crippen LogP contribution in [0.4, 0.5) is 0 Å². The lowest BCUT2D eigenvalue weighted by atomic mass is 9.84. The lowest BCUT2D eigenvalue weighted by Crippen LogP contribution is -2.19. The molecule has 144 valence electrons. The molecule has 1 nitrogen and oxygen atoms in total. The van der Waals surface area contributed by atoms with E-state index in [1.807, 2.05) is 0 Å². The van der Waals surface area contributed by atoms with Crippen LogP contribution in [0.5, 0.6) is 0 Å². The van der Waals surface area contributed by atoms with Gasteiger partial charge in [-0.2, -0.15) is 0 Å². The Morgan fingerprint density at radius 1 is 1.04 bits per heavy atom. The first kappa shape index (κ1) is 19.2. The van der Waals surface area contributed by atoms with Crippen LogP contribution in [0.15, 0.2) is 48.4 Å². The quantitative estimate of drug-likeness (QED) is 0.499. The summed E-state index contributed by atoms with van der Waals surface area (Å²) in [6, 6.07) is 13.7. The molecule has 0 amide bonds. The summed E-state index contributed by atoms with van der Waals surface area (Å²) in [5.41, 5.74) is 18.1. The van der Waals surface area contributed by atoms with Crippen molar-refractivity contribution in [2.75, 3.05) is 6.54 Å². The van der Waals surface area contributed by atoms with E-state index in [1.165, 1.54) is 62.2 Å². The third-order valence-electron chi connectivity index (χ3n) is 6.40. The smallest absolute Gasteiger partial charge is 0.0372 e. The molecule has 1 aromatic heterocycles. The van der Waals surface area contributed by atoms with Crippen LogP contribution in [0.25, 0.3) is 27.8 Å². The normalized spacial score (nSPS) is 14.9. The van der Waals surface area contributed by atoms with E-state index in [0.717, 1.165) is 12.1 Å². The fourth-order valence-corrected chi connectivity index (χ4v) is 5.22. The first-order valence-electron chi connectivity index (χ1n) is 10.0. The first-order valence-corrected chi connectivity index (χ1v) is 10.9. The minimum Gasteiger partial charge on any atom is -0.330 e. The van der Waals surface area contributed by atoms with Gasteiger partial charge in [0.15, 0.2) is 0 Å². The van der Waals surface area contributed by atoms with Crippen molar-refractivity contribution in [2.24, 2.45) is 5.73 Å². The second-order valence-corrected chi connectivity index (χ2v) is 9.31. The van der Waals surface area contributed by atoms with Gasteiger partial charge in [-0.15, -0.1) is 11.3 Å². The molecule has 1 aliphatic rings. The summed E-state index contributed by atoms with van der Waals surface area (Å²) in [6.07, 6.45) is 2.43. The molecular formula is C26H29NS. The van der Waals surface area contributed by atoms with Gasteiger partial charge < -0.3 is 5.73 Å². The van der Waals surface area contributed by atoms with Gasteiger partial charge in [-0.3, -0.25) is 0 Å². The summed E-state index contributed by atoms with van der Waals surface area (Å²) in [5, 5.41) is 2.18. The van der Waals surface area contributed by atoms with E-state index in [2.05, 4.69) is 76.1 Å². The third-order valence-corrected chi connectivity index (χ3v) is 7.47. The molecule has 1 fully saturated rings. The zero-order chi connectivity index (χ0) is 20.1. The van der Waals surface area contributed by atoms with Gasteiger partial charge in [0.2, 0.25) is 0 Å². The average molecular weight is 388 g/mol. The van der Waals surface area contributed by atoms with Gasteiger partial charge in [0.05, 0.1) is 0 Å². The van der Waals surface area contributed by atoms with Gasteiger partial charge in [0.1, 0.15) is 0 Å². The molecule has 2 N–H and O–H groups in total. The van der Waals surface area contributed by atoms with Crippen LogP contribution in [-0.4, -0.2) is 6.54 Å². The van der Waals surface area contributed by atoms with Crippen LogP contribution >= 0.6 is 11.3 Å². The number of nitrogens with two attached hydrogens (primary N) is 1. The maximum atomic E-state index is 6.04. The molecule has 0 radical (unpaired) electrons. The second-order valence-electron chi connectivity index (χ2n) is 8.39. The van der Waals surface area contributed by atoms with Crippen LogP contribution in [0.3, 0.4) is 0 Å².